The van der Waals surface area contributed by atoms with E-state index in [1.807, 2.05) is 0 Å². The minimum Gasteiger partial charge on any atom is -0.311 e. The predicted molar refractivity (Wildman–Crippen MR) is 92.4 cm³/mol. The van der Waals surface area contributed by atoms with Crippen molar-refractivity contribution < 1.29 is 0 Å². The van der Waals surface area contributed by atoms with Crippen LogP contribution in [-0.4, -0.2) is 30.1 Å². The number of rotatable bonds is 4. The van der Waals surface area contributed by atoms with Crippen molar-refractivity contribution in [1.82, 2.24) is 10.2 Å². The van der Waals surface area contributed by atoms with E-state index in [4.69, 9.17) is 0 Å². The second-order valence-corrected chi connectivity index (χ2v) is 8.01. The summed E-state index contributed by atoms with van der Waals surface area (Å²) in [5.74, 6) is 1.61. The summed E-state index contributed by atoms with van der Waals surface area (Å²) in [4.78, 5) is 2.74. The molecule has 3 unspecified atom stereocenters. The third-order valence-corrected chi connectivity index (χ3v) is 5.71. The van der Waals surface area contributed by atoms with E-state index < -0.39 is 0 Å². The lowest BCUT2D eigenvalue weighted by atomic mass is 9.93. The molecule has 1 aliphatic carbocycles. The van der Waals surface area contributed by atoms with Crippen molar-refractivity contribution >= 4 is 15.9 Å². The fourth-order valence-electron chi connectivity index (χ4n) is 3.65. The van der Waals surface area contributed by atoms with Crippen molar-refractivity contribution in [3.05, 3.63) is 34.3 Å². The number of nitrogens with zero attached hydrogens (tertiary/aromatic N) is 1. The Bertz CT molecular complexity index is 484. The maximum atomic E-state index is 3.81. The van der Waals surface area contributed by atoms with Crippen molar-refractivity contribution in [2.45, 2.75) is 51.7 Å². The average Bonchev–Trinajstić information content (AvgIpc) is 3.30. The predicted octanol–water partition coefficient (Wildman–Crippen LogP) is 4.22. The Balaban J connectivity index is 1.80. The zero-order chi connectivity index (χ0) is 15.0. The van der Waals surface area contributed by atoms with E-state index in [1.165, 1.54) is 29.4 Å². The molecule has 1 saturated carbocycles. The lowest BCUT2D eigenvalue weighted by molar-refractivity contribution is 0.0569. The normalized spacial score (nSPS) is 28.8. The lowest BCUT2D eigenvalue weighted by Crippen LogP contribution is -2.59. The van der Waals surface area contributed by atoms with Crippen LogP contribution in [0.25, 0.3) is 0 Å². The van der Waals surface area contributed by atoms with Gasteiger partial charge in [0.05, 0.1) is 0 Å². The first kappa shape index (κ1) is 15.5. The third kappa shape index (κ3) is 3.52. The van der Waals surface area contributed by atoms with Crippen LogP contribution in [-0.2, 0) is 0 Å². The van der Waals surface area contributed by atoms with Crippen molar-refractivity contribution in [1.29, 1.82) is 0 Å². The molecule has 2 fully saturated rings. The van der Waals surface area contributed by atoms with E-state index >= 15 is 0 Å². The molecule has 3 atom stereocenters. The van der Waals surface area contributed by atoms with Crippen LogP contribution in [0.5, 0.6) is 0 Å². The monoisotopic (exact) mass is 350 g/mol. The Labute approximate surface area is 137 Å². The summed E-state index contributed by atoms with van der Waals surface area (Å²) in [6.07, 6.45) is 2.84. The van der Waals surface area contributed by atoms with E-state index in [9.17, 15) is 0 Å². The van der Waals surface area contributed by atoms with Crippen LogP contribution in [0.1, 0.15) is 45.2 Å². The molecule has 2 aliphatic rings. The summed E-state index contributed by atoms with van der Waals surface area (Å²) < 4.78 is 1.18. The Hall–Kier alpha value is -0.380. The van der Waals surface area contributed by atoms with E-state index in [2.05, 4.69) is 71.2 Å². The zero-order valence-corrected chi connectivity index (χ0v) is 14.9. The highest BCUT2D eigenvalue weighted by Crippen LogP contribution is 2.37. The maximum absolute atomic E-state index is 3.81. The van der Waals surface area contributed by atoms with E-state index in [-0.39, 0.29) is 0 Å². The molecule has 0 amide bonds. The summed E-state index contributed by atoms with van der Waals surface area (Å²) in [6, 6.07) is 10.6. The average molecular weight is 351 g/mol. The van der Waals surface area contributed by atoms with Gasteiger partial charge in [-0.2, -0.15) is 0 Å². The Morgan fingerprint density at radius 3 is 2.62 bits per heavy atom. The number of hydrogen-bond acceptors (Lipinski definition) is 2. The molecule has 0 radical (unpaired) electrons. The minimum atomic E-state index is 0.484. The molecular weight excluding hydrogens is 324 g/mol. The SMILES string of the molecule is CC(C)C1CNC(C2CC2)CN1C(C)c1cccc(Br)c1. The molecule has 0 spiro atoms. The van der Waals surface area contributed by atoms with Crippen LogP contribution in [0.4, 0.5) is 0 Å². The van der Waals surface area contributed by atoms with Gasteiger partial charge < -0.3 is 5.32 Å². The molecule has 1 N–H and O–H groups in total. The summed E-state index contributed by atoms with van der Waals surface area (Å²) in [6.45, 7) is 9.40. The van der Waals surface area contributed by atoms with Gasteiger partial charge in [0, 0.05) is 35.7 Å². The number of nitrogens with one attached hydrogen (secondary N) is 1. The van der Waals surface area contributed by atoms with Gasteiger partial charge >= 0.3 is 0 Å². The van der Waals surface area contributed by atoms with Crippen LogP contribution >= 0.6 is 15.9 Å². The third-order valence-electron chi connectivity index (χ3n) is 5.21. The Morgan fingerprint density at radius 2 is 2.00 bits per heavy atom. The van der Waals surface area contributed by atoms with E-state index in [0.717, 1.165) is 12.5 Å². The Morgan fingerprint density at radius 1 is 1.24 bits per heavy atom. The minimum absolute atomic E-state index is 0.484. The molecule has 1 aliphatic heterocycles. The van der Waals surface area contributed by atoms with Crippen molar-refractivity contribution in [3.63, 3.8) is 0 Å². The van der Waals surface area contributed by atoms with E-state index in [0.29, 0.717) is 24.0 Å². The molecule has 2 nitrogen and oxygen atoms in total. The molecule has 0 bridgehead atoms. The second-order valence-electron chi connectivity index (χ2n) is 7.09. The van der Waals surface area contributed by atoms with Gasteiger partial charge in [0.25, 0.3) is 0 Å². The van der Waals surface area contributed by atoms with Crippen LogP contribution in [0.2, 0.25) is 0 Å². The highest BCUT2D eigenvalue weighted by atomic mass is 79.9. The van der Waals surface area contributed by atoms with Crippen LogP contribution in [0.15, 0.2) is 28.7 Å². The van der Waals surface area contributed by atoms with Gasteiger partial charge in [-0.25, -0.2) is 0 Å². The van der Waals surface area contributed by atoms with Crippen molar-refractivity contribution in [2.24, 2.45) is 11.8 Å². The van der Waals surface area contributed by atoms with Gasteiger partial charge in [-0.1, -0.05) is 41.9 Å². The van der Waals surface area contributed by atoms with Gasteiger partial charge in [-0.3, -0.25) is 4.90 Å². The van der Waals surface area contributed by atoms with Crippen LogP contribution < -0.4 is 5.32 Å². The van der Waals surface area contributed by atoms with Gasteiger partial charge in [0.2, 0.25) is 0 Å². The first-order valence-corrected chi connectivity index (χ1v) is 9.10. The summed E-state index contributed by atoms with van der Waals surface area (Å²) in [7, 11) is 0. The zero-order valence-electron chi connectivity index (χ0n) is 13.3. The highest BCUT2D eigenvalue weighted by Gasteiger charge is 2.39. The smallest absolute Gasteiger partial charge is 0.0324 e. The van der Waals surface area contributed by atoms with Crippen molar-refractivity contribution in [3.8, 4) is 0 Å². The van der Waals surface area contributed by atoms with Gasteiger partial charge in [0.15, 0.2) is 0 Å². The fraction of sp³-hybridized carbons (Fsp3) is 0.667. The van der Waals surface area contributed by atoms with Gasteiger partial charge in [0.1, 0.15) is 0 Å². The molecule has 0 aromatic heterocycles. The lowest BCUT2D eigenvalue weighted by Gasteiger charge is -2.46. The number of piperazine rings is 1. The molecule has 21 heavy (non-hydrogen) atoms. The molecule has 3 rings (SSSR count). The standard InChI is InChI=1S/C18H27BrN2/c1-12(2)18-10-20-17(14-7-8-14)11-21(18)13(3)15-5-4-6-16(19)9-15/h4-6,9,12-14,17-18,20H,7-8,10-11H2,1-3H3. The maximum Gasteiger partial charge on any atom is 0.0324 e. The molecule has 1 saturated heterocycles. The summed E-state index contributed by atoms with van der Waals surface area (Å²) in [5, 5.41) is 3.81. The van der Waals surface area contributed by atoms with E-state index in [1.54, 1.807) is 0 Å². The first-order valence-electron chi connectivity index (χ1n) is 8.31. The quantitative estimate of drug-likeness (QED) is 0.874. The fourth-order valence-corrected chi connectivity index (χ4v) is 4.07. The molecular formula is C18H27BrN2. The number of benzene rings is 1. The van der Waals surface area contributed by atoms with Crippen LogP contribution in [0.3, 0.4) is 0 Å². The number of halogens is 1. The first-order chi connectivity index (χ1) is 10.1. The van der Waals surface area contributed by atoms with Crippen LogP contribution in [0, 0.1) is 11.8 Å². The molecule has 1 heterocycles. The van der Waals surface area contributed by atoms with Gasteiger partial charge in [-0.15, -0.1) is 0 Å². The largest absolute Gasteiger partial charge is 0.311 e. The molecule has 1 aromatic carbocycles. The van der Waals surface area contributed by atoms with Crippen molar-refractivity contribution in [2.75, 3.05) is 13.1 Å². The second kappa shape index (κ2) is 6.39. The topological polar surface area (TPSA) is 15.3 Å². The molecule has 116 valence electrons. The Kier molecular flexibility index (Phi) is 4.72. The molecule has 1 aromatic rings. The number of hydrogen-bond donors (Lipinski definition) is 1. The molecule has 3 heteroatoms. The summed E-state index contributed by atoms with van der Waals surface area (Å²) >= 11 is 3.61. The van der Waals surface area contributed by atoms with Gasteiger partial charge in [-0.05, 0) is 49.3 Å². The highest BCUT2D eigenvalue weighted by molar-refractivity contribution is 9.10. The summed E-state index contributed by atoms with van der Waals surface area (Å²) in [5.41, 5.74) is 1.42.